The molecular weight excluding hydrogens is 212 g/mol. The Kier molecular flexibility index (Phi) is 2.22. The van der Waals surface area contributed by atoms with Gasteiger partial charge < -0.3 is 4.98 Å². The lowest BCUT2D eigenvalue weighted by atomic mass is 10.0. The average Bonchev–Trinajstić information content (AvgIpc) is 2.86. The van der Waals surface area contributed by atoms with Gasteiger partial charge in [0.05, 0.1) is 0 Å². The molecule has 0 aliphatic heterocycles. The van der Waals surface area contributed by atoms with E-state index in [9.17, 15) is 4.79 Å². The quantitative estimate of drug-likeness (QED) is 0.677. The number of carbonyl (C=O) groups is 1. The molecule has 2 heterocycles. The normalized spacial score (nSPS) is 10.6. The maximum atomic E-state index is 10.7. The molecule has 0 aliphatic rings. The maximum absolute atomic E-state index is 10.7. The van der Waals surface area contributed by atoms with Crippen LogP contribution in [-0.2, 0) is 0 Å². The summed E-state index contributed by atoms with van der Waals surface area (Å²) in [6.07, 6.45) is 6.05. The van der Waals surface area contributed by atoms with Crippen molar-refractivity contribution in [1.82, 2.24) is 9.97 Å². The van der Waals surface area contributed by atoms with Crippen molar-refractivity contribution in [3.8, 4) is 11.1 Å². The van der Waals surface area contributed by atoms with Crippen LogP contribution in [0.4, 0.5) is 0 Å². The molecule has 2 aromatic heterocycles. The number of aromatic amines is 1. The summed E-state index contributed by atoms with van der Waals surface area (Å²) in [4.78, 5) is 17.9. The molecule has 1 N–H and O–H groups in total. The second-order valence-electron chi connectivity index (χ2n) is 3.90. The fraction of sp³-hybridized carbons (Fsp3) is 0. The summed E-state index contributed by atoms with van der Waals surface area (Å²) in [6, 6.07) is 9.99. The molecule has 0 spiro atoms. The van der Waals surface area contributed by atoms with E-state index in [1.54, 1.807) is 12.4 Å². The van der Waals surface area contributed by atoms with Crippen molar-refractivity contribution in [3.63, 3.8) is 0 Å². The van der Waals surface area contributed by atoms with Crippen molar-refractivity contribution in [2.24, 2.45) is 0 Å². The lowest BCUT2D eigenvalue weighted by Crippen LogP contribution is -1.85. The highest BCUT2D eigenvalue weighted by Gasteiger charge is 2.01. The van der Waals surface area contributed by atoms with Crippen molar-refractivity contribution < 1.29 is 4.79 Å². The van der Waals surface area contributed by atoms with E-state index in [2.05, 4.69) is 16.0 Å². The Hall–Kier alpha value is -2.42. The molecule has 0 atom stereocenters. The number of aromatic nitrogens is 2. The number of hydrogen-bond acceptors (Lipinski definition) is 2. The zero-order valence-electron chi connectivity index (χ0n) is 9.05. The van der Waals surface area contributed by atoms with Crippen molar-refractivity contribution in [1.29, 1.82) is 0 Å². The molecule has 0 fully saturated rings. The van der Waals surface area contributed by atoms with Crippen molar-refractivity contribution in [2.75, 3.05) is 0 Å². The Morgan fingerprint density at radius 2 is 2.00 bits per heavy atom. The number of carbonyl (C=O) groups excluding carboxylic acids is 1. The predicted octanol–water partition coefficient (Wildman–Crippen LogP) is 3.04. The summed E-state index contributed by atoms with van der Waals surface area (Å²) in [7, 11) is 0. The Bertz CT molecular complexity index is 685. The highest BCUT2D eigenvalue weighted by molar-refractivity contribution is 5.86. The standard InChI is InChI=1S/C14H10N2O/c17-9-10-5-13(8-15-7-10)11-1-2-14-12(6-11)3-4-16-14/h1-9,16H. The summed E-state index contributed by atoms with van der Waals surface area (Å²) in [6.45, 7) is 0. The van der Waals surface area contributed by atoms with Gasteiger partial charge in [-0.05, 0) is 35.2 Å². The van der Waals surface area contributed by atoms with E-state index in [1.165, 1.54) is 0 Å². The van der Waals surface area contributed by atoms with E-state index in [-0.39, 0.29) is 0 Å². The summed E-state index contributed by atoms with van der Waals surface area (Å²) in [5.41, 5.74) is 3.72. The second-order valence-corrected chi connectivity index (χ2v) is 3.90. The van der Waals surface area contributed by atoms with Gasteiger partial charge in [-0.25, -0.2) is 0 Å². The number of aldehydes is 1. The van der Waals surface area contributed by atoms with E-state index in [1.807, 2.05) is 30.5 Å². The van der Waals surface area contributed by atoms with Gasteiger partial charge in [0.2, 0.25) is 0 Å². The Morgan fingerprint density at radius 3 is 2.88 bits per heavy atom. The van der Waals surface area contributed by atoms with Crippen LogP contribution in [0.5, 0.6) is 0 Å². The number of nitrogens with zero attached hydrogens (tertiary/aromatic N) is 1. The van der Waals surface area contributed by atoms with E-state index >= 15 is 0 Å². The van der Waals surface area contributed by atoms with Crippen molar-refractivity contribution in [3.05, 3.63) is 54.5 Å². The van der Waals surface area contributed by atoms with Gasteiger partial charge >= 0.3 is 0 Å². The average molecular weight is 222 g/mol. The van der Waals surface area contributed by atoms with Crippen LogP contribution in [-0.4, -0.2) is 16.3 Å². The third-order valence-corrected chi connectivity index (χ3v) is 2.78. The molecule has 0 bridgehead atoms. The van der Waals surface area contributed by atoms with Crippen LogP contribution < -0.4 is 0 Å². The number of hydrogen-bond donors (Lipinski definition) is 1. The first-order chi connectivity index (χ1) is 8.36. The summed E-state index contributed by atoms with van der Waals surface area (Å²) in [5.74, 6) is 0. The highest BCUT2D eigenvalue weighted by Crippen LogP contribution is 2.23. The predicted molar refractivity (Wildman–Crippen MR) is 66.9 cm³/mol. The van der Waals surface area contributed by atoms with Gasteiger partial charge in [-0.2, -0.15) is 0 Å². The fourth-order valence-electron chi connectivity index (χ4n) is 1.91. The van der Waals surface area contributed by atoms with Crippen LogP contribution in [0.3, 0.4) is 0 Å². The van der Waals surface area contributed by atoms with Gasteiger partial charge in [-0.15, -0.1) is 0 Å². The molecule has 0 saturated heterocycles. The lowest BCUT2D eigenvalue weighted by Gasteiger charge is -2.02. The van der Waals surface area contributed by atoms with Crippen molar-refractivity contribution in [2.45, 2.75) is 0 Å². The molecule has 3 aromatic rings. The zero-order chi connectivity index (χ0) is 11.7. The van der Waals surface area contributed by atoms with Gasteiger partial charge in [0, 0.05) is 35.2 Å². The number of fused-ring (bicyclic) bond motifs is 1. The van der Waals surface area contributed by atoms with E-state index in [0.29, 0.717) is 5.56 Å². The van der Waals surface area contributed by atoms with E-state index < -0.39 is 0 Å². The first-order valence-electron chi connectivity index (χ1n) is 5.34. The minimum atomic E-state index is 0.594. The molecule has 0 amide bonds. The largest absolute Gasteiger partial charge is 0.361 e. The van der Waals surface area contributed by atoms with E-state index in [4.69, 9.17) is 0 Å². The van der Waals surface area contributed by atoms with Crippen LogP contribution in [0.25, 0.3) is 22.0 Å². The maximum Gasteiger partial charge on any atom is 0.151 e. The number of H-pyrrole nitrogens is 1. The molecule has 17 heavy (non-hydrogen) atoms. The van der Waals surface area contributed by atoms with Gasteiger partial charge in [-0.1, -0.05) is 6.07 Å². The lowest BCUT2D eigenvalue weighted by molar-refractivity contribution is 0.112. The molecule has 3 nitrogen and oxygen atoms in total. The number of rotatable bonds is 2. The third-order valence-electron chi connectivity index (χ3n) is 2.78. The molecule has 1 aromatic carbocycles. The van der Waals surface area contributed by atoms with Crippen molar-refractivity contribution >= 4 is 17.2 Å². The van der Waals surface area contributed by atoms with Gasteiger partial charge in [0.15, 0.2) is 6.29 Å². The minimum absolute atomic E-state index is 0.594. The van der Waals surface area contributed by atoms with Crippen LogP contribution in [0.1, 0.15) is 10.4 Å². The van der Waals surface area contributed by atoms with Gasteiger partial charge in [-0.3, -0.25) is 9.78 Å². The van der Waals surface area contributed by atoms with Crippen LogP contribution >= 0.6 is 0 Å². The van der Waals surface area contributed by atoms with E-state index in [0.717, 1.165) is 28.3 Å². The SMILES string of the molecule is O=Cc1cncc(-c2ccc3[nH]ccc3c2)c1. The molecule has 3 heteroatoms. The smallest absolute Gasteiger partial charge is 0.151 e. The summed E-state index contributed by atoms with van der Waals surface area (Å²) < 4.78 is 0. The minimum Gasteiger partial charge on any atom is -0.361 e. The van der Waals surface area contributed by atoms with Crippen LogP contribution in [0, 0.1) is 0 Å². The first kappa shape index (κ1) is 9.78. The summed E-state index contributed by atoms with van der Waals surface area (Å²) in [5, 5.41) is 1.15. The number of pyridine rings is 1. The third kappa shape index (κ3) is 1.72. The Balaban J connectivity index is 2.15. The zero-order valence-corrected chi connectivity index (χ0v) is 9.05. The van der Waals surface area contributed by atoms with Gasteiger partial charge in [0.25, 0.3) is 0 Å². The Labute approximate surface area is 98.1 Å². The van der Waals surface area contributed by atoms with Crippen LogP contribution in [0.2, 0.25) is 0 Å². The summed E-state index contributed by atoms with van der Waals surface area (Å²) >= 11 is 0. The first-order valence-corrected chi connectivity index (χ1v) is 5.34. The van der Waals surface area contributed by atoms with Crippen LogP contribution in [0.15, 0.2) is 48.9 Å². The fourth-order valence-corrected chi connectivity index (χ4v) is 1.91. The molecule has 0 aliphatic carbocycles. The second kappa shape index (κ2) is 3.87. The molecule has 0 saturated carbocycles. The highest BCUT2D eigenvalue weighted by atomic mass is 16.1. The number of nitrogens with one attached hydrogen (secondary N) is 1. The molecule has 0 unspecified atom stereocenters. The number of benzene rings is 1. The molecule has 0 radical (unpaired) electrons. The molecule has 3 rings (SSSR count). The topological polar surface area (TPSA) is 45.8 Å². The molecular formula is C14H10N2O. The Morgan fingerprint density at radius 1 is 1.06 bits per heavy atom. The van der Waals surface area contributed by atoms with Gasteiger partial charge in [0.1, 0.15) is 0 Å². The molecule has 82 valence electrons. The monoisotopic (exact) mass is 222 g/mol.